The van der Waals surface area contributed by atoms with E-state index in [1.165, 1.54) is 0 Å². The van der Waals surface area contributed by atoms with Crippen LogP contribution in [0.5, 0.6) is 0 Å². The first-order valence-corrected chi connectivity index (χ1v) is 9.19. The van der Waals surface area contributed by atoms with Gasteiger partial charge < -0.3 is 15.3 Å². The van der Waals surface area contributed by atoms with Crippen LogP contribution in [0.4, 0.5) is 0 Å². The lowest BCUT2D eigenvalue weighted by Crippen LogP contribution is -2.30. The molecule has 2 aromatic carbocycles. The maximum absolute atomic E-state index is 12.6. The molecule has 0 aliphatic carbocycles. The molecule has 0 aliphatic rings. The van der Waals surface area contributed by atoms with Crippen molar-refractivity contribution in [3.8, 4) is 0 Å². The van der Waals surface area contributed by atoms with Gasteiger partial charge in [0.1, 0.15) is 0 Å². The molecule has 2 rings (SSSR count). The molecular weight excluding hydrogens is 356 g/mol. The summed E-state index contributed by atoms with van der Waals surface area (Å²) in [5.74, 6) is -1.34. The highest BCUT2D eigenvalue weighted by Crippen LogP contribution is 2.18. The van der Waals surface area contributed by atoms with E-state index < -0.39 is 12.0 Å². The molecule has 0 bridgehead atoms. The third-order valence-electron chi connectivity index (χ3n) is 4.39. The zero-order valence-corrected chi connectivity index (χ0v) is 16.4. The summed E-state index contributed by atoms with van der Waals surface area (Å²) in [5.41, 5.74) is 2.09. The van der Waals surface area contributed by atoms with Crippen LogP contribution in [0.15, 0.2) is 54.6 Å². The fourth-order valence-electron chi connectivity index (χ4n) is 2.91. The number of carbonyl (C=O) groups excluding carboxylic acids is 2. The molecule has 0 fully saturated rings. The van der Waals surface area contributed by atoms with E-state index in [1.807, 2.05) is 19.9 Å². The largest absolute Gasteiger partial charge is 0.481 e. The molecule has 28 heavy (non-hydrogen) atoms. The smallest absolute Gasteiger partial charge is 0.305 e. The summed E-state index contributed by atoms with van der Waals surface area (Å²) in [6, 6.07) is 15.4. The Balaban J connectivity index is 2.06. The number of carboxylic acid groups (broad SMARTS) is 1. The number of rotatable bonds is 8. The normalized spacial score (nSPS) is 11.7. The van der Waals surface area contributed by atoms with Crippen molar-refractivity contribution in [1.82, 2.24) is 10.2 Å². The minimum Gasteiger partial charge on any atom is -0.481 e. The van der Waals surface area contributed by atoms with Gasteiger partial charge >= 0.3 is 5.97 Å². The van der Waals surface area contributed by atoms with Crippen LogP contribution in [-0.4, -0.2) is 34.8 Å². The molecule has 0 heterocycles. The highest BCUT2D eigenvalue weighted by molar-refractivity contribution is 5.94. The first-order chi connectivity index (χ1) is 13.3. The molecular formula is C22H26N2O4. The van der Waals surface area contributed by atoms with Crippen LogP contribution in [-0.2, 0) is 16.1 Å². The third kappa shape index (κ3) is 5.94. The molecule has 2 amide bonds. The quantitative estimate of drug-likeness (QED) is 0.734. The summed E-state index contributed by atoms with van der Waals surface area (Å²) in [4.78, 5) is 37.4. The lowest BCUT2D eigenvalue weighted by Gasteiger charge is -2.20. The first-order valence-electron chi connectivity index (χ1n) is 9.19. The summed E-state index contributed by atoms with van der Waals surface area (Å²) < 4.78 is 0. The van der Waals surface area contributed by atoms with Crippen LogP contribution in [0.3, 0.4) is 0 Å². The average Bonchev–Trinajstić information content (AvgIpc) is 2.67. The Labute approximate surface area is 165 Å². The molecule has 148 valence electrons. The van der Waals surface area contributed by atoms with Crippen LogP contribution < -0.4 is 5.32 Å². The second-order valence-electron chi connectivity index (χ2n) is 7.08. The van der Waals surface area contributed by atoms with Crippen molar-refractivity contribution in [2.45, 2.75) is 32.9 Å². The van der Waals surface area contributed by atoms with E-state index in [2.05, 4.69) is 5.32 Å². The molecule has 0 aliphatic heterocycles. The monoisotopic (exact) mass is 382 g/mol. The number of benzene rings is 2. The first kappa shape index (κ1) is 21.2. The maximum Gasteiger partial charge on any atom is 0.305 e. The van der Waals surface area contributed by atoms with Crippen molar-refractivity contribution < 1.29 is 19.5 Å². The molecule has 0 saturated heterocycles. The van der Waals surface area contributed by atoms with E-state index >= 15 is 0 Å². The second-order valence-corrected chi connectivity index (χ2v) is 7.08. The Bertz CT molecular complexity index is 816. The van der Waals surface area contributed by atoms with E-state index in [4.69, 9.17) is 5.11 Å². The molecule has 6 heteroatoms. The maximum atomic E-state index is 12.6. The second kappa shape index (κ2) is 9.69. The summed E-state index contributed by atoms with van der Waals surface area (Å²) in [5, 5.41) is 11.9. The molecule has 2 N–H and O–H groups in total. The van der Waals surface area contributed by atoms with Gasteiger partial charge in [-0.2, -0.15) is 0 Å². The van der Waals surface area contributed by atoms with E-state index in [0.717, 1.165) is 11.1 Å². The summed E-state index contributed by atoms with van der Waals surface area (Å²) >= 11 is 0. The van der Waals surface area contributed by atoms with Crippen LogP contribution >= 0.6 is 0 Å². The molecule has 0 saturated carbocycles. The number of nitrogens with zero attached hydrogens (tertiary/aromatic N) is 1. The van der Waals surface area contributed by atoms with Gasteiger partial charge in [0.05, 0.1) is 12.5 Å². The van der Waals surface area contributed by atoms with E-state index in [0.29, 0.717) is 12.1 Å². The van der Waals surface area contributed by atoms with E-state index in [1.54, 1.807) is 60.5 Å². The van der Waals surface area contributed by atoms with Crippen molar-refractivity contribution in [1.29, 1.82) is 0 Å². The predicted molar refractivity (Wildman–Crippen MR) is 107 cm³/mol. The van der Waals surface area contributed by atoms with Crippen molar-refractivity contribution >= 4 is 17.8 Å². The van der Waals surface area contributed by atoms with Crippen molar-refractivity contribution in [3.63, 3.8) is 0 Å². The Kier molecular flexibility index (Phi) is 7.32. The fraction of sp³-hybridized carbons (Fsp3) is 0.318. The van der Waals surface area contributed by atoms with Gasteiger partial charge in [-0.25, -0.2) is 0 Å². The summed E-state index contributed by atoms with van der Waals surface area (Å²) in [6.45, 7) is 4.17. The van der Waals surface area contributed by atoms with Crippen LogP contribution in [0, 0.1) is 5.92 Å². The lowest BCUT2D eigenvalue weighted by molar-refractivity contribution is -0.137. The minimum atomic E-state index is -0.984. The number of nitrogens with one attached hydrogen (secondary N) is 1. The summed E-state index contributed by atoms with van der Waals surface area (Å²) in [7, 11) is 1.75. The van der Waals surface area contributed by atoms with Gasteiger partial charge in [-0.3, -0.25) is 14.4 Å². The van der Waals surface area contributed by atoms with Gasteiger partial charge in [0.25, 0.3) is 5.91 Å². The highest BCUT2D eigenvalue weighted by atomic mass is 16.4. The van der Waals surface area contributed by atoms with Crippen molar-refractivity contribution in [3.05, 3.63) is 71.3 Å². The SMILES string of the molecule is CC(C)C(=O)N(C)Cc1ccc(C(=O)NC(CC(=O)O)c2ccccc2)cc1. The zero-order chi connectivity index (χ0) is 20.7. The minimum absolute atomic E-state index is 0.0567. The standard InChI is InChI=1S/C22H26N2O4/c1-15(2)22(28)24(3)14-16-9-11-18(12-10-16)21(27)23-19(13-20(25)26)17-7-5-4-6-8-17/h4-12,15,19H,13-14H2,1-3H3,(H,23,27)(H,25,26). The predicted octanol–water partition coefficient (Wildman–Crippen LogP) is 3.25. The Hall–Kier alpha value is -3.15. The van der Waals surface area contributed by atoms with E-state index in [-0.39, 0.29) is 24.2 Å². The Morgan fingerprint density at radius 2 is 1.61 bits per heavy atom. The van der Waals surface area contributed by atoms with Crippen molar-refractivity contribution in [2.75, 3.05) is 7.05 Å². The molecule has 0 radical (unpaired) electrons. The molecule has 2 aromatic rings. The van der Waals surface area contributed by atoms with Gasteiger partial charge in [-0.15, -0.1) is 0 Å². The lowest BCUT2D eigenvalue weighted by atomic mass is 10.0. The highest BCUT2D eigenvalue weighted by Gasteiger charge is 2.19. The van der Waals surface area contributed by atoms with Crippen molar-refractivity contribution in [2.24, 2.45) is 5.92 Å². The van der Waals surface area contributed by atoms with Gasteiger partial charge in [0.2, 0.25) is 5.91 Å². The number of aliphatic carboxylic acids is 1. The van der Waals surface area contributed by atoms with Crippen LogP contribution in [0.2, 0.25) is 0 Å². The zero-order valence-electron chi connectivity index (χ0n) is 16.4. The number of carbonyl (C=O) groups is 3. The van der Waals surface area contributed by atoms with Gasteiger partial charge in [-0.05, 0) is 23.3 Å². The molecule has 0 aromatic heterocycles. The molecule has 1 atom stereocenters. The Morgan fingerprint density at radius 1 is 1.00 bits per heavy atom. The number of hydrogen-bond acceptors (Lipinski definition) is 3. The molecule has 0 spiro atoms. The Morgan fingerprint density at radius 3 is 2.14 bits per heavy atom. The van der Waals surface area contributed by atoms with Crippen LogP contribution in [0.25, 0.3) is 0 Å². The number of hydrogen-bond donors (Lipinski definition) is 2. The number of carboxylic acids is 1. The van der Waals surface area contributed by atoms with E-state index in [9.17, 15) is 14.4 Å². The summed E-state index contributed by atoms with van der Waals surface area (Å²) in [6.07, 6.45) is -0.198. The fourth-order valence-corrected chi connectivity index (χ4v) is 2.91. The molecule has 1 unspecified atom stereocenters. The third-order valence-corrected chi connectivity index (χ3v) is 4.39. The van der Waals surface area contributed by atoms with Gasteiger partial charge in [0.15, 0.2) is 0 Å². The molecule has 6 nitrogen and oxygen atoms in total. The topological polar surface area (TPSA) is 86.7 Å². The number of amides is 2. The average molecular weight is 382 g/mol. The van der Waals surface area contributed by atoms with Crippen LogP contribution in [0.1, 0.15) is 47.8 Å². The van der Waals surface area contributed by atoms with Gasteiger partial charge in [-0.1, -0.05) is 56.3 Å². The van der Waals surface area contributed by atoms with Gasteiger partial charge in [0, 0.05) is 25.1 Å².